The first-order valence-corrected chi connectivity index (χ1v) is 9.69. The Kier molecular flexibility index (Phi) is 5.83. The number of nitrogens with one attached hydrogen (secondary N) is 1. The largest absolute Gasteiger partial charge is 0.485 e. The Morgan fingerprint density at radius 2 is 1.96 bits per heavy atom. The molecule has 1 aliphatic heterocycles. The molecular formula is C20H22INO3. The number of benzene rings is 2. The van der Waals surface area contributed by atoms with E-state index in [1.165, 1.54) is 5.56 Å². The minimum Gasteiger partial charge on any atom is -0.485 e. The molecule has 1 amide bonds. The maximum absolute atomic E-state index is 12.5. The Morgan fingerprint density at radius 3 is 2.68 bits per heavy atom. The molecule has 3 atom stereocenters. The zero-order chi connectivity index (χ0) is 17.8. The zero-order valence-corrected chi connectivity index (χ0v) is 16.5. The fourth-order valence-corrected chi connectivity index (χ4v) is 3.34. The van der Waals surface area contributed by atoms with Gasteiger partial charge >= 0.3 is 0 Å². The maximum atomic E-state index is 12.5. The lowest BCUT2D eigenvalue weighted by Gasteiger charge is -2.27. The lowest BCUT2D eigenvalue weighted by Crippen LogP contribution is -2.44. The van der Waals surface area contributed by atoms with Crippen molar-refractivity contribution < 1.29 is 14.3 Å². The van der Waals surface area contributed by atoms with Gasteiger partial charge in [0.25, 0.3) is 5.91 Å². The number of alkyl halides is 1. The topological polar surface area (TPSA) is 47.6 Å². The lowest BCUT2D eigenvalue weighted by atomic mass is 10.1. The van der Waals surface area contributed by atoms with E-state index in [1.54, 1.807) is 0 Å². The normalized spacial score (nSPS) is 18.3. The van der Waals surface area contributed by atoms with Crippen molar-refractivity contribution in [3.8, 4) is 11.5 Å². The van der Waals surface area contributed by atoms with Gasteiger partial charge in [0.05, 0.1) is 6.04 Å². The van der Waals surface area contributed by atoms with Gasteiger partial charge in [-0.2, -0.15) is 0 Å². The Labute approximate surface area is 162 Å². The average molecular weight is 451 g/mol. The third-order valence-electron chi connectivity index (χ3n) is 4.14. The number of hydrogen-bond acceptors (Lipinski definition) is 3. The van der Waals surface area contributed by atoms with Crippen LogP contribution in [-0.4, -0.2) is 22.5 Å². The van der Waals surface area contributed by atoms with Crippen molar-refractivity contribution in [3.63, 3.8) is 0 Å². The Hall–Kier alpha value is -1.76. The third kappa shape index (κ3) is 4.66. The van der Waals surface area contributed by atoms with Crippen LogP contribution in [0.5, 0.6) is 11.5 Å². The van der Waals surface area contributed by atoms with Crippen LogP contribution in [0.1, 0.15) is 31.0 Å². The van der Waals surface area contributed by atoms with Crippen LogP contribution in [0.15, 0.2) is 48.5 Å². The van der Waals surface area contributed by atoms with Gasteiger partial charge in [-0.25, -0.2) is 0 Å². The number of carbonyl (C=O) groups is 1. The maximum Gasteiger partial charge on any atom is 0.265 e. The number of fused-ring (bicyclic) bond motifs is 1. The summed E-state index contributed by atoms with van der Waals surface area (Å²) < 4.78 is 12.2. The first-order chi connectivity index (χ1) is 12.0. The molecule has 0 fully saturated rings. The minimum atomic E-state index is -0.631. The Bertz CT molecular complexity index is 733. The van der Waals surface area contributed by atoms with Crippen LogP contribution in [0.4, 0.5) is 0 Å². The molecule has 0 aromatic heterocycles. The molecule has 132 valence electrons. The summed E-state index contributed by atoms with van der Waals surface area (Å²) >= 11 is 2.40. The second-order valence-corrected chi connectivity index (χ2v) is 8.45. The van der Waals surface area contributed by atoms with Crippen LogP contribution < -0.4 is 14.8 Å². The number of ether oxygens (including phenoxy) is 2. The number of amides is 1. The van der Waals surface area contributed by atoms with Crippen LogP contribution in [0.25, 0.3) is 0 Å². The van der Waals surface area contributed by atoms with Gasteiger partial charge in [-0.1, -0.05) is 65.9 Å². The summed E-state index contributed by atoms with van der Waals surface area (Å²) in [6, 6.07) is 15.7. The second-order valence-electron chi connectivity index (χ2n) is 6.32. The van der Waals surface area contributed by atoms with Crippen molar-refractivity contribution in [2.24, 2.45) is 0 Å². The molecule has 25 heavy (non-hydrogen) atoms. The first kappa shape index (κ1) is 18.0. The highest BCUT2D eigenvalue weighted by molar-refractivity contribution is 14.1. The summed E-state index contributed by atoms with van der Waals surface area (Å²) in [7, 11) is 0. The molecule has 0 unspecified atom stereocenters. The summed E-state index contributed by atoms with van der Waals surface area (Å²) in [4.78, 5) is 12.5. The quantitative estimate of drug-likeness (QED) is 0.551. The highest BCUT2D eigenvalue weighted by Gasteiger charge is 2.28. The van der Waals surface area contributed by atoms with Crippen molar-refractivity contribution in [2.45, 2.75) is 36.3 Å². The molecule has 0 aliphatic carbocycles. The molecule has 0 saturated carbocycles. The van der Waals surface area contributed by atoms with E-state index in [9.17, 15) is 4.79 Å². The van der Waals surface area contributed by atoms with Crippen molar-refractivity contribution in [3.05, 3.63) is 59.7 Å². The predicted octanol–water partition coefficient (Wildman–Crippen LogP) is 4.07. The van der Waals surface area contributed by atoms with E-state index in [-0.39, 0.29) is 18.6 Å². The Morgan fingerprint density at radius 1 is 1.20 bits per heavy atom. The minimum absolute atomic E-state index is 0.0776. The summed E-state index contributed by atoms with van der Waals surface area (Å²) in [5.74, 6) is 1.19. The van der Waals surface area contributed by atoms with Crippen molar-refractivity contribution in [2.75, 3.05) is 6.61 Å². The summed E-state index contributed by atoms with van der Waals surface area (Å²) in [6.07, 6.45) is 0.350. The number of carbonyl (C=O) groups excluding carboxylic acids is 1. The molecule has 0 radical (unpaired) electrons. The molecule has 5 heteroatoms. The van der Waals surface area contributed by atoms with E-state index in [4.69, 9.17) is 9.47 Å². The van der Waals surface area contributed by atoms with Crippen LogP contribution in [0, 0.1) is 0 Å². The van der Waals surface area contributed by atoms with E-state index in [0.29, 0.717) is 9.67 Å². The standard InChI is InChI=1S/C20H22INO3/c1-13(21)10-15-8-9-17-18(11-15)24-12-19(25-17)20(23)22-14(2)16-6-4-3-5-7-16/h3-9,11,13-14,19H,10,12H2,1-2H3,(H,22,23)/t13-,14-,19+/m0/s1. The Balaban J connectivity index is 1.63. The lowest BCUT2D eigenvalue weighted by molar-refractivity contribution is -0.131. The first-order valence-electron chi connectivity index (χ1n) is 8.44. The summed E-state index contributed by atoms with van der Waals surface area (Å²) in [5, 5.41) is 2.99. The molecule has 1 heterocycles. The van der Waals surface area contributed by atoms with E-state index in [0.717, 1.165) is 17.7 Å². The molecule has 0 saturated heterocycles. The molecule has 4 nitrogen and oxygen atoms in total. The predicted molar refractivity (Wildman–Crippen MR) is 107 cm³/mol. The summed E-state index contributed by atoms with van der Waals surface area (Å²) in [5.41, 5.74) is 2.27. The zero-order valence-electron chi connectivity index (χ0n) is 14.4. The molecule has 1 N–H and O–H groups in total. The van der Waals surface area contributed by atoms with Gasteiger partial charge < -0.3 is 14.8 Å². The fourth-order valence-electron chi connectivity index (χ4n) is 2.83. The van der Waals surface area contributed by atoms with E-state index >= 15 is 0 Å². The van der Waals surface area contributed by atoms with Gasteiger partial charge in [0.15, 0.2) is 11.5 Å². The monoisotopic (exact) mass is 451 g/mol. The SMILES string of the molecule is C[C@H](I)Cc1ccc2c(c1)OC[C@H](C(=O)N[C@@H](C)c1ccccc1)O2. The number of hydrogen-bond donors (Lipinski definition) is 1. The third-order valence-corrected chi connectivity index (χ3v) is 4.58. The fraction of sp³-hybridized carbons (Fsp3) is 0.350. The van der Waals surface area contributed by atoms with Gasteiger partial charge in [-0.05, 0) is 36.6 Å². The average Bonchev–Trinajstić information content (AvgIpc) is 2.61. The van der Waals surface area contributed by atoms with Crippen molar-refractivity contribution in [1.29, 1.82) is 0 Å². The molecule has 0 bridgehead atoms. The molecule has 0 spiro atoms. The van der Waals surface area contributed by atoms with Crippen molar-refractivity contribution in [1.82, 2.24) is 5.32 Å². The van der Waals surface area contributed by atoms with Crippen LogP contribution >= 0.6 is 22.6 Å². The molecule has 1 aliphatic rings. The number of rotatable bonds is 5. The van der Waals surface area contributed by atoms with Crippen molar-refractivity contribution >= 4 is 28.5 Å². The highest BCUT2D eigenvalue weighted by atomic mass is 127. The van der Waals surface area contributed by atoms with E-state index < -0.39 is 6.10 Å². The van der Waals surface area contributed by atoms with Gasteiger partial charge in [0.1, 0.15) is 6.61 Å². The highest BCUT2D eigenvalue weighted by Crippen LogP contribution is 2.33. The van der Waals surface area contributed by atoms with E-state index in [1.807, 2.05) is 55.5 Å². The van der Waals surface area contributed by atoms with Crippen LogP contribution in [0.3, 0.4) is 0 Å². The molecule has 2 aromatic rings. The molecule has 2 aromatic carbocycles. The number of halogens is 1. The van der Waals surface area contributed by atoms with Gasteiger partial charge in [0.2, 0.25) is 6.10 Å². The van der Waals surface area contributed by atoms with Crippen LogP contribution in [0.2, 0.25) is 0 Å². The van der Waals surface area contributed by atoms with Gasteiger partial charge in [0, 0.05) is 3.92 Å². The van der Waals surface area contributed by atoms with Gasteiger partial charge in [-0.3, -0.25) is 4.79 Å². The molecular weight excluding hydrogens is 429 g/mol. The van der Waals surface area contributed by atoms with E-state index in [2.05, 4.69) is 34.8 Å². The van der Waals surface area contributed by atoms with Crippen LogP contribution in [-0.2, 0) is 11.2 Å². The molecule has 3 rings (SSSR count). The summed E-state index contributed by atoms with van der Waals surface area (Å²) in [6.45, 7) is 4.36. The van der Waals surface area contributed by atoms with Gasteiger partial charge in [-0.15, -0.1) is 0 Å². The second kappa shape index (κ2) is 8.08. The smallest absolute Gasteiger partial charge is 0.265 e.